The molecule has 2 N–H and O–H groups in total. The molecule has 0 aliphatic carbocycles. The molecular formula is C15H19N3O3. The van der Waals surface area contributed by atoms with E-state index in [0.717, 1.165) is 25.9 Å². The molecule has 0 atom stereocenters. The summed E-state index contributed by atoms with van der Waals surface area (Å²) in [5.41, 5.74) is 0.661. The van der Waals surface area contributed by atoms with Crippen molar-refractivity contribution in [2.24, 2.45) is 5.92 Å². The number of rotatable bonds is 5. The van der Waals surface area contributed by atoms with Gasteiger partial charge in [0, 0.05) is 24.8 Å². The van der Waals surface area contributed by atoms with Crippen molar-refractivity contribution < 1.29 is 9.72 Å². The zero-order chi connectivity index (χ0) is 15.1. The van der Waals surface area contributed by atoms with Gasteiger partial charge >= 0.3 is 0 Å². The first-order valence-electron chi connectivity index (χ1n) is 7.06. The predicted octanol–water partition coefficient (Wildman–Crippen LogP) is 1.72. The third-order valence-corrected chi connectivity index (χ3v) is 3.53. The number of nitrogens with one attached hydrogen (secondary N) is 2. The van der Waals surface area contributed by atoms with E-state index in [1.807, 2.05) is 0 Å². The van der Waals surface area contributed by atoms with Gasteiger partial charge in [0.05, 0.1) is 4.92 Å². The fourth-order valence-corrected chi connectivity index (χ4v) is 2.30. The van der Waals surface area contributed by atoms with E-state index in [2.05, 4.69) is 10.6 Å². The van der Waals surface area contributed by atoms with E-state index < -0.39 is 4.92 Å². The van der Waals surface area contributed by atoms with Gasteiger partial charge in [-0.25, -0.2) is 0 Å². The zero-order valence-corrected chi connectivity index (χ0v) is 11.7. The Kier molecular flexibility index (Phi) is 5.45. The number of hydrogen-bond donors (Lipinski definition) is 2. The highest BCUT2D eigenvalue weighted by molar-refractivity contribution is 5.91. The third kappa shape index (κ3) is 5.00. The Hall–Kier alpha value is -2.21. The molecule has 1 aliphatic rings. The number of amides is 1. The Morgan fingerprint density at radius 3 is 2.90 bits per heavy atom. The van der Waals surface area contributed by atoms with Crippen molar-refractivity contribution in [2.75, 3.05) is 19.6 Å². The van der Waals surface area contributed by atoms with Crippen molar-refractivity contribution in [1.82, 2.24) is 10.6 Å². The van der Waals surface area contributed by atoms with Crippen molar-refractivity contribution >= 4 is 17.7 Å². The van der Waals surface area contributed by atoms with E-state index in [9.17, 15) is 14.9 Å². The second-order valence-electron chi connectivity index (χ2n) is 5.12. The van der Waals surface area contributed by atoms with Crippen molar-refractivity contribution in [1.29, 1.82) is 0 Å². The smallest absolute Gasteiger partial charge is 0.270 e. The molecule has 0 aromatic heterocycles. The topological polar surface area (TPSA) is 84.3 Å². The van der Waals surface area contributed by atoms with Crippen LogP contribution in [0.5, 0.6) is 0 Å². The normalized spacial score (nSPS) is 16.0. The van der Waals surface area contributed by atoms with Gasteiger partial charge in [-0.05, 0) is 43.5 Å². The van der Waals surface area contributed by atoms with Gasteiger partial charge in [-0.1, -0.05) is 12.1 Å². The zero-order valence-electron chi connectivity index (χ0n) is 11.7. The first kappa shape index (κ1) is 15.2. The summed E-state index contributed by atoms with van der Waals surface area (Å²) in [6, 6.07) is 6.19. The molecule has 1 saturated heterocycles. The second-order valence-corrected chi connectivity index (χ2v) is 5.12. The van der Waals surface area contributed by atoms with Crippen LogP contribution >= 0.6 is 0 Å². The highest BCUT2D eigenvalue weighted by Crippen LogP contribution is 2.14. The lowest BCUT2D eigenvalue weighted by atomic mass is 9.98. The van der Waals surface area contributed by atoms with Gasteiger partial charge < -0.3 is 10.6 Å². The van der Waals surface area contributed by atoms with E-state index in [4.69, 9.17) is 0 Å². The van der Waals surface area contributed by atoms with Crippen LogP contribution in [0.3, 0.4) is 0 Å². The molecule has 1 fully saturated rings. The predicted molar refractivity (Wildman–Crippen MR) is 80.7 cm³/mol. The summed E-state index contributed by atoms with van der Waals surface area (Å²) < 4.78 is 0. The molecule has 2 rings (SSSR count). The molecule has 6 nitrogen and oxygen atoms in total. The SMILES string of the molecule is O=C(C=Cc1cccc([N+](=O)[O-])c1)NCC1CCNCC1. The number of hydrogen-bond acceptors (Lipinski definition) is 4. The Morgan fingerprint density at radius 2 is 2.19 bits per heavy atom. The average molecular weight is 289 g/mol. The van der Waals surface area contributed by atoms with E-state index in [1.165, 1.54) is 18.2 Å². The van der Waals surface area contributed by atoms with Crippen LogP contribution in [0.15, 0.2) is 30.3 Å². The number of non-ortho nitro benzene ring substituents is 1. The van der Waals surface area contributed by atoms with Crippen LogP contribution in [-0.4, -0.2) is 30.5 Å². The van der Waals surface area contributed by atoms with Crippen LogP contribution in [0.1, 0.15) is 18.4 Å². The Labute approximate surface area is 123 Å². The molecular weight excluding hydrogens is 270 g/mol. The maximum absolute atomic E-state index is 11.7. The quantitative estimate of drug-likeness (QED) is 0.491. The summed E-state index contributed by atoms with van der Waals surface area (Å²) in [4.78, 5) is 21.9. The molecule has 0 spiro atoms. The minimum absolute atomic E-state index is 0.0206. The van der Waals surface area contributed by atoms with Gasteiger partial charge in [0.15, 0.2) is 0 Å². The Bertz CT molecular complexity index is 537. The molecule has 0 radical (unpaired) electrons. The number of carbonyl (C=O) groups excluding carboxylic acids is 1. The number of nitro groups is 1. The molecule has 1 aromatic rings. The van der Waals surface area contributed by atoms with Crippen molar-refractivity contribution in [3.63, 3.8) is 0 Å². The van der Waals surface area contributed by atoms with Gasteiger partial charge in [0.25, 0.3) is 5.69 Å². The number of benzene rings is 1. The van der Waals surface area contributed by atoms with Crippen molar-refractivity contribution in [3.05, 3.63) is 46.0 Å². The summed E-state index contributed by atoms with van der Waals surface area (Å²) >= 11 is 0. The molecule has 1 heterocycles. The summed E-state index contributed by atoms with van der Waals surface area (Å²) in [7, 11) is 0. The lowest BCUT2D eigenvalue weighted by Crippen LogP contribution is -2.35. The Morgan fingerprint density at radius 1 is 1.43 bits per heavy atom. The second kappa shape index (κ2) is 7.54. The highest BCUT2D eigenvalue weighted by atomic mass is 16.6. The molecule has 1 amide bonds. The molecule has 6 heteroatoms. The molecule has 0 saturated carbocycles. The van der Waals surface area contributed by atoms with E-state index in [1.54, 1.807) is 18.2 Å². The Balaban J connectivity index is 1.83. The molecule has 0 unspecified atom stereocenters. The summed E-state index contributed by atoms with van der Waals surface area (Å²) in [6.07, 6.45) is 5.16. The van der Waals surface area contributed by atoms with Crippen LogP contribution in [0.2, 0.25) is 0 Å². The van der Waals surface area contributed by atoms with Gasteiger partial charge in [-0.3, -0.25) is 14.9 Å². The maximum Gasteiger partial charge on any atom is 0.270 e. The number of piperidine rings is 1. The summed E-state index contributed by atoms with van der Waals surface area (Å²) in [5, 5.41) is 16.8. The highest BCUT2D eigenvalue weighted by Gasteiger charge is 2.13. The fourth-order valence-electron chi connectivity index (χ4n) is 2.30. The van der Waals surface area contributed by atoms with E-state index >= 15 is 0 Å². The molecule has 1 aromatic carbocycles. The first-order chi connectivity index (χ1) is 10.1. The molecule has 1 aliphatic heterocycles. The van der Waals surface area contributed by atoms with E-state index in [-0.39, 0.29) is 11.6 Å². The van der Waals surface area contributed by atoms with Gasteiger partial charge in [-0.2, -0.15) is 0 Å². The van der Waals surface area contributed by atoms with Crippen LogP contribution in [-0.2, 0) is 4.79 Å². The summed E-state index contributed by atoms with van der Waals surface area (Å²) in [5.74, 6) is 0.362. The van der Waals surface area contributed by atoms with E-state index in [0.29, 0.717) is 18.0 Å². The summed E-state index contributed by atoms with van der Waals surface area (Å²) in [6.45, 7) is 2.69. The largest absolute Gasteiger partial charge is 0.352 e. The lowest BCUT2D eigenvalue weighted by Gasteiger charge is -2.22. The average Bonchev–Trinajstić information content (AvgIpc) is 2.52. The van der Waals surface area contributed by atoms with Gasteiger partial charge in [0.1, 0.15) is 0 Å². The first-order valence-corrected chi connectivity index (χ1v) is 7.06. The van der Waals surface area contributed by atoms with Gasteiger partial charge in [-0.15, -0.1) is 0 Å². The minimum Gasteiger partial charge on any atom is -0.352 e. The van der Waals surface area contributed by atoms with Crippen LogP contribution in [0.4, 0.5) is 5.69 Å². The molecule has 112 valence electrons. The van der Waals surface area contributed by atoms with Crippen LogP contribution in [0.25, 0.3) is 6.08 Å². The van der Waals surface area contributed by atoms with Crippen LogP contribution in [0, 0.1) is 16.0 Å². The monoisotopic (exact) mass is 289 g/mol. The minimum atomic E-state index is -0.450. The number of nitro benzene ring substituents is 1. The van der Waals surface area contributed by atoms with Crippen LogP contribution < -0.4 is 10.6 Å². The standard InChI is InChI=1S/C15H19N3O3/c19-15(17-11-13-6-8-16-9-7-13)5-4-12-2-1-3-14(10-12)18(20)21/h1-5,10,13,16H,6-9,11H2,(H,17,19). The molecule has 0 bridgehead atoms. The fraction of sp³-hybridized carbons (Fsp3) is 0.400. The maximum atomic E-state index is 11.7. The third-order valence-electron chi connectivity index (χ3n) is 3.53. The van der Waals surface area contributed by atoms with Gasteiger partial charge in [0.2, 0.25) is 5.91 Å². The number of nitrogens with zero attached hydrogens (tertiary/aromatic N) is 1. The van der Waals surface area contributed by atoms with Crippen molar-refractivity contribution in [2.45, 2.75) is 12.8 Å². The molecule has 21 heavy (non-hydrogen) atoms. The van der Waals surface area contributed by atoms with Crippen molar-refractivity contribution in [3.8, 4) is 0 Å². The number of carbonyl (C=O) groups is 1. The lowest BCUT2D eigenvalue weighted by molar-refractivity contribution is -0.384.